The number of methoxy groups -OCH3 is 1. The highest BCUT2D eigenvalue weighted by molar-refractivity contribution is 6.32. The Bertz CT molecular complexity index is 1240. The van der Waals surface area contributed by atoms with Gasteiger partial charge in [-0.1, -0.05) is 11.6 Å². The minimum atomic E-state index is -0.140. The van der Waals surface area contributed by atoms with E-state index in [-0.39, 0.29) is 24.0 Å². The molecule has 1 fully saturated rings. The zero-order chi connectivity index (χ0) is 32.4. The second kappa shape index (κ2) is 19.7. The fourth-order valence-electron chi connectivity index (χ4n) is 4.29. The number of aromatic nitrogens is 2. The van der Waals surface area contributed by atoms with Crippen LogP contribution >= 0.6 is 11.6 Å². The SMILES string of the molecule is CNc1nc(Nc2ccc(C(=O)N3CCN(C(=O)CCOCCOCCOCCOCCC(C)=O)CC3)cc2OC)ncc1Cl. The van der Waals surface area contributed by atoms with Crippen LogP contribution in [0.15, 0.2) is 24.4 Å². The van der Waals surface area contributed by atoms with Crippen LogP contribution in [0.25, 0.3) is 0 Å². The lowest BCUT2D eigenvalue weighted by Gasteiger charge is -2.35. The molecule has 1 aromatic heterocycles. The van der Waals surface area contributed by atoms with Crippen molar-refractivity contribution in [1.29, 1.82) is 0 Å². The van der Waals surface area contributed by atoms with Gasteiger partial charge < -0.3 is 44.1 Å². The van der Waals surface area contributed by atoms with Gasteiger partial charge in [0, 0.05) is 45.2 Å². The normalized spacial score (nSPS) is 13.1. The van der Waals surface area contributed by atoms with E-state index in [9.17, 15) is 14.4 Å². The van der Waals surface area contributed by atoms with Gasteiger partial charge in [-0.05, 0) is 25.1 Å². The Hall–Kier alpha value is -3.56. The lowest BCUT2D eigenvalue weighted by atomic mass is 10.1. The smallest absolute Gasteiger partial charge is 0.254 e. The highest BCUT2D eigenvalue weighted by atomic mass is 35.5. The minimum absolute atomic E-state index is 0.00937. The van der Waals surface area contributed by atoms with E-state index in [1.165, 1.54) is 20.2 Å². The summed E-state index contributed by atoms with van der Waals surface area (Å²) in [5, 5.41) is 6.38. The lowest BCUT2D eigenvalue weighted by Crippen LogP contribution is -2.50. The number of carbonyl (C=O) groups is 3. The van der Waals surface area contributed by atoms with Gasteiger partial charge in [0.25, 0.3) is 5.91 Å². The molecule has 2 aromatic rings. The fraction of sp³-hybridized carbons (Fsp3) is 0.567. The average Bonchev–Trinajstić information content (AvgIpc) is 3.05. The monoisotopic (exact) mass is 650 g/mol. The van der Waals surface area contributed by atoms with Crippen LogP contribution in [0.1, 0.15) is 30.1 Å². The predicted molar refractivity (Wildman–Crippen MR) is 169 cm³/mol. The van der Waals surface area contributed by atoms with Gasteiger partial charge in [-0.25, -0.2) is 4.98 Å². The van der Waals surface area contributed by atoms with Crippen LogP contribution in [0, 0.1) is 0 Å². The summed E-state index contributed by atoms with van der Waals surface area (Å²) >= 11 is 6.06. The Morgan fingerprint density at radius 3 is 2.02 bits per heavy atom. The zero-order valence-electron chi connectivity index (χ0n) is 26.1. The van der Waals surface area contributed by atoms with E-state index in [0.717, 1.165) is 0 Å². The van der Waals surface area contributed by atoms with Crippen LogP contribution in [0.4, 0.5) is 17.5 Å². The standard InChI is InChI=1S/C30H43ClN6O8/c1-22(38)6-12-42-14-16-44-18-19-45-17-15-43-13-7-27(39)36-8-10-37(11-9-36)29(40)23-4-5-25(26(20-23)41-3)34-30-33-21-24(31)28(32-2)35-30/h4-5,20-21H,6-19H2,1-3H3,(H2,32,33,34,35). The molecule has 45 heavy (non-hydrogen) atoms. The Labute approximate surface area is 268 Å². The molecule has 0 aliphatic carbocycles. The number of halogens is 1. The first-order valence-corrected chi connectivity index (χ1v) is 15.2. The number of anilines is 3. The van der Waals surface area contributed by atoms with Crippen molar-refractivity contribution in [2.24, 2.45) is 0 Å². The number of Topliss-reactive ketones (excluding diaryl/α,β-unsaturated/α-hetero) is 1. The number of nitrogens with one attached hydrogen (secondary N) is 2. The maximum Gasteiger partial charge on any atom is 0.254 e. The molecule has 0 radical (unpaired) electrons. The quantitative estimate of drug-likeness (QED) is 0.203. The highest BCUT2D eigenvalue weighted by Crippen LogP contribution is 2.29. The van der Waals surface area contributed by atoms with Crippen LogP contribution in [-0.4, -0.2) is 131 Å². The van der Waals surface area contributed by atoms with Gasteiger partial charge in [0.15, 0.2) is 0 Å². The van der Waals surface area contributed by atoms with E-state index in [1.54, 1.807) is 35.0 Å². The third-order valence-electron chi connectivity index (χ3n) is 6.77. The summed E-state index contributed by atoms with van der Waals surface area (Å²) < 4.78 is 27.2. The van der Waals surface area contributed by atoms with E-state index in [4.69, 9.17) is 35.3 Å². The van der Waals surface area contributed by atoms with Gasteiger partial charge in [0.2, 0.25) is 11.9 Å². The van der Waals surface area contributed by atoms with Crippen molar-refractivity contribution in [3.05, 3.63) is 35.0 Å². The molecule has 0 spiro atoms. The number of carbonyl (C=O) groups excluding carboxylic acids is 3. The number of amides is 2. The number of nitrogens with zero attached hydrogens (tertiary/aromatic N) is 4. The van der Waals surface area contributed by atoms with E-state index < -0.39 is 0 Å². The van der Waals surface area contributed by atoms with Gasteiger partial charge in [-0.3, -0.25) is 14.4 Å². The van der Waals surface area contributed by atoms with E-state index in [0.29, 0.717) is 119 Å². The molecule has 0 bridgehead atoms. The average molecular weight is 651 g/mol. The molecule has 0 unspecified atom stereocenters. The molecule has 2 heterocycles. The molecule has 0 atom stereocenters. The van der Waals surface area contributed by atoms with Gasteiger partial charge >= 0.3 is 0 Å². The molecule has 14 nitrogen and oxygen atoms in total. The maximum atomic E-state index is 13.2. The number of ether oxygens (including phenoxy) is 5. The summed E-state index contributed by atoms with van der Waals surface area (Å²) in [4.78, 5) is 48.6. The molecule has 15 heteroatoms. The molecule has 248 valence electrons. The first-order valence-electron chi connectivity index (χ1n) is 14.8. The van der Waals surface area contributed by atoms with E-state index >= 15 is 0 Å². The molecule has 1 aliphatic rings. The molecule has 1 aromatic carbocycles. The van der Waals surface area contributed by atoms with E-state index in [1.807, 2.05) is 0 Å². The van der Waals surface area contributed by atoms with Crippen molar-refractivity contribution in [2.75, 3.05) is 104 Å². The molecule has 0 saturated carbocycles. The van der Waals surface area contributed by atoms with Crippen molar-refractivity contribution in [3.8, 4) is 5.75 Å². The summed E-state index contributed by atoms with van der Waals surface area (Å²) in [6, 6.07) is 5.11. The Kier molecular flexibility index (Phi) is 15.8. The number of piperazine rings is 1. The van der Waals surface area contributed by atoms with Crippen molar-refractivity contribution in [3.63, 3.8) is 0 Å². The molecule has 3 rings (SSSR count). The van der Waals surface area contributed by atoms with Crippen molar-refractivity contribution < 1.29 is 38.1 Å². The number of ketones is 1. The molecule has 1 saturated heterocycles. The van der Waals surface area contributed by atoms with Crippen molar-refractivity contribution >= 4 is 46.7 Å². The molecule has 2 amide bonds. The Morgan fingerprint density at radius 1 is 0.867 bits per heavy atom. The van der Waals surface area contributed by atoms with Gasteiger partial charge in [0.1, 0.15) is 22.4 Å². The number of hydrogen-bond donors (Lipinski definition) is 2. The molecule has 2 N–H and O–H groups in total. The third kappa shape index (κ3) is 12.4. The van der Waals surface area contributed by atoms with Crippen LogP contribution in [0.2, 0.25) is 5.02 Å². The Balaban J connectivity index is 1.29. The van der Waals surface area contributed by atoms with Gasteiger partial charge in [0.05, 0.1) is 78.3 Å². The van der Waals surface area contributed by atoms with Crippen LogP contribution in [0.5, 0.6) is 5.75 Å². The number of benzene rings is 1. The Morgan fingerprint density at radius 2 is 1.44 bits per heavy atom. The van der Waals surface area contributed by atoms with Crippen LogP contribution in [-0.2, 0) is 28.5 Å². The second-order valence-corrected chi connectivity index (χ2v) is 10.4. The van der Waals surface area contributed by atoms with Crippen LogP contribution in [0.3, 0.4) is 0 Å². The van der Waals surface area contributed by atoms with Crippen molar-refractivity contribution in [1.82, 2.24) is 19.8 Å². The lowest BCUT2D eigenvalue weighted by molar-refractivity contribution is -0.134. The van der Waals surface area contributed by atoms with E-state index in [2.05, 4.69) is 20.6 Å². The first kappa shape index (κ1) is 35.9. The summed E-state index contributed by atoms with van der Waals surface area (Å²) in [6.45, 7) is 6.56. The third-order valence-corrected chi connectivity index (χ3v) is 7.05. The zero-order valence-corrected chi connectivity index (χ0v) is 26.9. The largest absolute Gasteiger partial charge is 0.495 e. The second-order valence-electron chi connectivity index (χ2n) is 10.0. The fourth-order valence-corrected chi connectivity index (χ4v) is 4.47. The number of rotatable bonds is 20. The van der Waals surface area contributed by atoms with Gasteiger partial charge in [-0.15, -0.1) is 0 Å². The minimum Gasteiger partial charge on any atom is -0.495 e. The summed E-state index contributed by atoms with van der Waals surface area (Å²) in [6.07, 6.45) is 2.17. The summed E-state index contributed by atoms with van der Waals surface area (Å²) in [5.41, 5.74) is 1.07. The molecule has 1 aliphatic heterocycles. The van der Waals surface area contributed by atoms with Crippen LogP contribution < -0.4 is 15.4 Å². The first-order chi connectivity index (χ1) is 21.8. The molecular weight excluding hydrogens is 608 g/mol. The predicted octanol–water partition coefficient (Wildman–Crippen LogP) is 2.64. The topological polar surface area (TPSA) is 154 Å². The highest BCUT2D eigenvalue weighted by Gasteiger charge is 2.25. The maximum absolute atomic E-state index is 13.2. The van der Waals surface area contributed by atoms with Gasteiger partial charge in [-0.2, -0.15) is 4.98 Å². The van der Waals surface area contributed by atoms with Crippen molar-refractivity contribution in [2.45, 2.75) is 19.8 Å². The summed E-state index contributed by atoms with van der Waals surface area (Å²) in [7, 11) is 3.23. The summed E-state index contributed by atoms with van der Waals surface area (Å²) in [5.74, 6) is 1.22. The molecular formula is C30H43ClN6O8. The number of hydrogen-bond acceptors (Lipinski definition) is 12.